The lowest BCUT2D eigenvalue weighted by atomic mass is 10.0. The number of carbonyl (C=O) groups excluding carboxylic acids is 1. The van der Waals surface area contributed by atoms with E-state index in [1.807, 2.05) is 0 Å². The fraction of sp³-hybridized carbons (Fsp3) is 0.929. The van der Waals surface area contributed by atoms with E-state index in [-0.39, 0.29) is 0 Å². The first-order valence-electron chi connectivity index (χ1n) is 7.06. The minimum atomic E-state index is 0.393. The summed E-state index contributed by atoms with van der Waals surface area (Å²) in [7, 11) is 0. The van der Waals surface area contributed by atoms with E-state index in [0.29, 0.717) is 17.9 Å². The van der Waals surface area contributed by atoms with E-state index in [0.717, 1.165) is 18.4 Å². The predicted octanol–water partition coefficient (Wildman–Crippen LogP) is 2.82. The van der Waals surface area contributed by atoms with Crippen molar-refractivity contribution in [3.8, 4) is 0 Å². The summed E-state index contributed by atoms with van der Waals surface area (Å²) in [6, 6.07) is 0.493. The van der Waals surface area contributed by atoms with Gasteiger partial charge in [0.1, 0.15) is 0 Å². The lowest BCUT2D eigenvalue weighted by Crippen LogP contribution is -2.41. The van der Waals surface area contributed by atoms with Crippen LogP contribution in [0.15, 0.2) is 0 Å². The Morgan fingerprint density at radius 2 is 1.81 bits per heavy atom. The van der Waals surface area contributed by atoms with Crippen molar-refractivity contribution in [1.29, 1.82) is 0 Å². The zero-order chi connectivity index (χ0) is 11.1. The molecule has 3 aliphatic rings. The molecular formula is C14H23NO. The number of hydrogen-bond donors (Lipinski definition) is 0. The van der Waals surface area contributed by atoms with Crippen molar-refractivity contribution in [2.24, 2.45) is 17.8 Å². The van der Waals surface area contributed by atoms with Crippen molar-refractivity contribution in [3.05, 3.63) is 0 Å². The normalized spacial score (nSPS) is 42.7. The topological polar surface area (TPSA) is 20.3 Å². The molecule has 2 saturated carbocycles. The highest BCUT2D eigenvalue weighted by molar-refractivity contribution is 5.79. The molecule has 2 nitrogen and oxygen atoms in total. The highest BCUT2D eigenvalue weighted by Crippen LogP contribution is 2.54. The monoisotopic (exact) mass is 221 g/mol. The average Bonchev–Trinajstić information content (AvgIpc) is 2.95. The van der Waals surface area contributed by atoms with E-state index in [1.165, 1.54) is 44.9 Å². The second-order valence-corrected chi connectivity index (χ2v) is 6.15. The quantitative estimate of drug-likeness (QED) is 0.666. The molecule has 90 valence electrons. The number of rotatable bonds is 1. The maximum Gasteiger partial charge on any atom is 0.225 e. The van der Waals surface area contributed by atoms with Gasteiger partial charge in [-0.05, 0) is 50.9 Å². The third kappa shape index (κ3) is 1.87. The van der Waals surface area contributed by atoms with E-state index >= 15 is 0 Å². The molecule has 3 unspecified atom stereocenters. The van der Waals surface area contributed by atoms with E-state index < -0.39 is 0 Å². The van der Waals surface area contributed by atoms with Gasteiger partial charge in [0, 0.05) is 18.5 Å². The summed E-state index contributed by atoms with van der Waals surface area (Å²) in [5, 5.41) is 0. The minimum Gasteiger partial charge on any atom is -0.340 e. The summed E-state index contributed by atoms with van der Waals surface area (Å²) in [6.45, 7) is 3.25. The van der Waals surface area contributed by atoms with Gasteiger partial charge in [-0.2, -0.15) is 0 Å². The number of nitrogens with zero attached hydrogens (tertiary/aromatic N) is 1. The van der Waals surface area contributed by atoms with Crippen LogP contribution in [0, 0.1) is 17.8 Å². The molecule has 0 aromatic rings. The molecule has 1 aliphatic heterocycles. The van der Waals surface area contributed by atoms with Gasteiger partial charge in [-0.3, -0.25) is 4.79 Å². The van der Waals surface area contributed by atoms with Crippen LogP contribution in [-0.4, -0.2) is 23.4 Å². The molecule has 1 saturated heterocycles. The number of carbonyl (C=O) groups is 1. The van der Waals surface area contributed by atoms with Crippen molar-refractivity contribution in [2.75, 3.05) is 6.54 Å². The maximum absolute atomic E-state index is 12.5. The van der Waals surface area contributed by atoms with Crippen LogP contribution in [0.1, 0.15) is 51.9 Å². The lowest BCUT2D eigenvalue weighted by Gasteiger charge is -2.30. The third-order valence-corrected chi connectivity index (χ3v) is 4.93. The first-order chi connectivity index (χ1) is 7.75. The van der Waals surface area contributed by atoms with Crippen LogP contribution < -0.4 is 0 Å². The molecule has 0 spiro atoms. The Labute approximate surface area is 98.4 Å². The van der Waals surface area contributed by atoms with E-state index in [9.17, 15) is 4.79 Å². The fourth-order valence-corrected chi connectivity index (χ4v) is 3.75. The number of hydrogen-bond acceptors (Lipinski definition) is 1. The van der Waals surface area contributed by atoms with Crippen LogP contribution in [0.4, 0.5) is 0 Å². The van der Waals surface area contributed by atoms with Gasteiger partial charge >= 0.3 is 0 Å². The van der Waals surface area contributed by atoms with Crippen molar-refractivity contribution >= 4 is 5.91 Å². The second-order valence-electron chi connectivity index (χ2n) is 6.15. The molecule has 16 heavy (non-hydrogen) atoms. The fourth-order valence-electron chi connectivity index (χ4n) is 3.75. The lowest BCUT2D eigenvalue weighted by molar-refractivity contribution is -0.137. The molecule has 0 bridgehead atoms. The molecule has 1 heterocycles. The average molecular weight is 221 g/mol. The molecule has 0 aromatic heterocycles. The van der Waals surface area contributed by atoms with E-state index in [2.05, 4.69) is 11.8 Å². The van der Waals surface area contributed by atoms with E-state index in [1.54, 1.807) is 0 Å². The SMILES string of the molecule is CC1CCCCCN1C(=O)C1CC2CC2C1. The van der Waals surface area contributed by atoms with Crippen LogP contribution in [0.25, 0.3) is 0 Å². The summed E-state index contributed by atoms with van der Waals surface area (Å²) in [6.07, 6.45) is 8.87. The summed E-state index contributed by atoms with van der Waals surface area (Å²) in [5.74, 6) is 2.73. The van der Waals surface area contributed by atoms with Gasteiger partial charge in [0.05, 0.1) is 0 Å². The van der Waals surface area contributed by atoms with Gasteiger partial charge in [0.25, 0.3) is 0 Å². The zero-order valence-corrected chi connectivity index (χ0v) is 10.3. The minimum absolute atomic E-state index is 0.393. The molecule has 3 rings (SSSR count). The Bertz CT molecular complexity index is 278. The Morgan fingerprint density at radius 3 is 2.56 bits per heavy atom. The Hall–Kier alpha value is -0.530. The molecule has 1 amide bonds. The summed E-state index contributed by atoms with van der Waals surface area (Å²) >= 11 is 0. The second kappa shape index (κ2) is 4.05. The molecular weight excluding hydrogens is 198 g/mol. The first kappa shape index (κ1) is 10.6. The van der Waals surface area contributed by atoms with Gasteiger partial charge < -0.3 is 4.90 Å². The third-order valence-electron chi connectivity index (χ3n) is 4.93. The maximum atomic E-state index is 12.5. The zero-order valence-electron chi connectivity index (χ0n) is 10.3. The number of likely N-dealkylation sites (tertiary alicyclic amines) is 1. The Balaban J connectivity index is 1.63. The molecule has 0 N–H and O–H groups in total. The summed E-state index contributed by atoms with van der Waals surface area (Å²) in [5.41, 5.74) is 0. The van der Waals surface area contributed by atoms with Crippen LogP contribution in [0.3, 0.4) is 0 Å². The first-order valence-corrected chi connectivity index (χ1v) is 7.06. The predicted molar refractivity (Wildman–Crippen MR) is 64.0 cm³/mol. The van der Waals surface area contributed by atoms with Crippen molar-refractivity contribution in [3.63, 3.8) is 0 Å². The van der Waals surface area contributed by atoms with Gasteiger partial charge in [0.15, 0.2) is 0 Å². The van der Waals surface area contributed by atoms with Gasteiger partial charge in [0.2, 0.25) is 5.91 Å². The molecule has 3 atom stereocenters. The Morgan fingerprint density at radius 1 is 1.06 bits per heavy atom. The summed E-state index contributed by atoms with van der Waals surface area (Å²) in [4.78, 5) is 14.7. The molecule has 2 heteroatoms. The van der Waals surface area contributed by atoms with Crippen LogP contribution in [-0.2, 0) is 4.79 Å². The van der Waals surface area contributed by atoms with Crippen molar-refractivity contribution in [1.82, 2.24) is 4.90 Å². The molecule has 2 aliphatic carbocycles. The molecule has 3 fully saturated rings. The van der Waals surface area contributed by atoms with Crippen LogP contribution in [0.2, 0.25) is 0 Å². The van der Waals surface area contributed by atoms with Gasteiger partial charge in [-0.25, -0.2) is 0 Å². The van der Waals surface area contributed by atoms with Gasteiger partial charge in [-0.15, -0.1) is 0 Å². The largest absolute Gasteiger partial charge is 0.340 e. The number of amides is 1. The van der Waals surface area contributed by atoms with Gasteiger partial charge in [-0.1, -0.05) is 12.8 Å². The summed E-state index contributed by atoms with van der Waals surface area (Å²) < 4.78 is 0. The van der Waals surface area contributed by atoms with Crippen molar-refractivity contribution in [2.45, 2.75) is 57.9 Å². The van der Waals surface area contributed by atoms with Crippen LogP contribution in [0.5, 0.6) is 0 Å². The highest BCUT2D eigenvalue weighted by atomic mass is 16.2. The highest BCUT2D eigenvalue weighted by Gasteiger charge is 2.49. The Kier molecular flexibility index (Phi) is 2.68. The standard InChI is InChI=1S/C14H23NO/c1-10-5-3-2-4-6-15(10)14(16)13-8-11-7-12(11)9-13/h10-13H,2-9H2,1H3. The smallest absolute Gasteiger partial charge is 0.225 e. The number of fused-ring (bicyclic) bond motifs is 1. The molecule has 0 aromatic carbocycles. The van der Waals surface area contributed by atoms with E-state index in [4.69, 9.17) is 0 Å². The molecule has 0 radical (unpaired) electrons. The van der Waals surface area contributed by atoms with Crippen molar-refractivity contribution < 1.29 is 4.79 Å². The van der Waals surface area contributed by atoms with Crippen LogP contribution >= 0.6 is 0 Å².